The van der Waals surface area contributed by atoms with Gasteiger partial charge in [-0.2, -0.15) is 18.2 Å². The predicted octanol–water partition coefficient (Wildman–Crippen LogP) is 5.89. The Bertz CT molecular complexity index is 1600. The van der Waals surface area contributed by atoms with E-state index in [0.717, 1.165) is 23.9 Å². The van der Waals surface area contributed by atoms with E-state index in [-0.39, 0.29) is 76.2 Å². The fourth-order valence-electron chi connectivity index (χ4n) is 5.86. The van der Waals surface area contributed by atoms with E-state index in [2.05, 4.69) is 27.5 Å². The van der Waals surface area contributed by atoms with E-state index in [0.29, 0.717) is 4.47 Å². The summed E-state index contributed by atoms with van der Waals surface area (Å²) in [5.41, 5.74) is -1.95. The van der Waals surface area contributed by atoms with Crippen LogP contribution < -0.4 is 10.6 Å². The van der Waals surface area contributed by atoms with Crippen molar-refractivity contribution in [3.05, 3.63) is 63.3 Å². The monoisotopic (exact) mass is 654 g/mol. The summed E-state index contributed by atoms with van der Waals surface area (Å²) in [4.78, 5) is 33.9. The molecule has 41 heavy (non-hydrogen) atoms. The molecule has 218 valence electrons. The lowest BCUT2D eigenvalue weighted by Crippen LogP contribution is -2.58. The number of alkyl halides is 3. The van der Waals surface area contributed by atoms with Gasteiger partial charge in [0.25, 0.3) is 0 Å². The number of benzene rings is 2. The third-order valence-corrected chi connectivity index (χ3v) is 9.17. The molecular formula is C28H27BrF4N4O3S. The zero-order valence-corrected chi connectivity index (χ0v) is 24.9. The SMILES string of the molecule is C=CC(=O)N1[C@H](C)CN(c2nc(=O)n3c4c(c(-c5cc(Br)ccc5F)c(C(F)(F)F)cc24)SC[C@@H]3COC)C[C@@H]1C. The summed E-state index contributed by atoms with van der Waals surface area (Å²) < 4.78 is 66.6. The number of rotatable bonds is 5. The molecule has 3 atom stereocenters. The molecule has 1 fully saturated rings. The van der Waals surface area contributed by atoms with Gasteiger partial charge in [-0.3, -0.25) is 9.36 Å². The average Bonchev–Trinajstić information content (AvgIpc) is 2.91. The van der Waals surface area contributed by atoms with Crippen molar-refractivity contribution >= 4 is 50.3 Å². The van der Waals surface area contributed by atoms with Crippen molar-refractivity contribution in [2.75, 3.05) is 37.5 Å². The first-order valence-electron chi connectivity index (χ1n) is 12.8. The normalized spacial score (nSPS) is 20.9. The number of amides is 1. The van der Waals surface area contributed by atoms with Crippen molar-refractivity contribution in [1.82, 2.24) is 14.5 Å². The second kappa shape index (κ2) is 11.1. The summed E-state index contributed by atoms with van der Waals surface area (Å²) >= 11 is 4.39. The van der Waals surface area contributed by atoms with Crippen LogP contribution in [0.5, 0.6) is 0 Å². The fourth-order valence-corrected chi connectivity index (χ4v) is 7.54. The van der Waals surface area contributed by atoms with Gasteiger partial charge in [-0.1, -0.05) is 22.5 Å². The van der Waals surface area contributed by atoms with Crippen LogP contribution >= 0.6 is 27.7 Å². The zero-order chi connectivity index (χ0) is 29.8. The molecule has 2 aliphatic rings. The van der Waals surface area contributed by atoms with E-state index in [9.17, 15) is 22.8 Å². The summed E-state index contributed by atoms with van der Waals surface area (Å²) in [7, 11) is 1.48. The fraction of sp³-hybridized carbons (Fsp3) is 0.393. The highest BCUT2D eigenvalue weighted by molar-refractivity contribution is 9.10. The molecule has 1 aromatic heterocycles. The number of carbonyl (C=O) groups is 1. The molecule has 0 saturated carbocycles. The first kappa shape index (κ1) is 29.6. The molecule has 1 amide bonds. The van der Waals surface area contributed by atoms with Crippen molar-refractivity contribution < 1.29 is 27.1 Å². The van der Waals surface area contributed by atoms with Crippen molar-refractivity contribution in [3.8, 4) is 11.1 Å². The Morgan fingerprint density at radius 1 is 1.24 bits per heavy atom. The maximum Gasteiger partial charge on any atom is 0.417 e. The number of hydrogen-bond acceptors (Lipinski definition) is 6. The molecule has 5 rings (SSSR count). The molecule has 3 heterocycles. The minimum Gasteiger partial charge on any atom is -0.383 e. The van der Waals surface area contributed by atoms with Crippen molar-refractivity contribution in [2.45, 2.75) is 43.0 Å². The van der Waals surface area contributed by atoms with Gasteiger partial charge in [0.2, 0.25) is 5.91 Å². The maximum absolute atomic E-state index is 15.2. The van der Waals surface area contributed by atoms with Crippen LogP contribution in [-0.4, -0.2) is 65.0 Å². The Balaban J connectivity index is 1.84. The van der Waals surface area contributed by atoms with Gasteiger partial charge in [-0.15, -0.1) is 11.8 Å². The number of anilines is 1. The molecule has 2 aliphatic heterocycles. The second-order valence-electron chi connectivity index (χ2n) is 10.2. The van der Waals surface area contributed by atoms with Gasteiger partial charge in [0.05, 0.1) is 23.7 Å². The topological polar surface area (TPSA) is 67.7 Å². The highest BCUT2D eigenvalue weighted by Gasteiger charge is 2.41. The number of thioether (sulfide) groups is 1. The smallest absolute Gasteiger partial charge is 0.383 e. The molecule has 0 radical (unpaired) electrons. The molecule has 0 aliphatic carbocycles. The van der Waals surface area contributed by atoms with Crippen LogP contribution in [0, 0.1) is 5.82 Å². The molecule has 0 N–H and O–H groups in total. The Morgan fingerprint density at radius 2 is 1.93 bits per heavy atom. The van der Waals surface area contributed by atoms with Gasteiger partial charge in [0.15, 0.2) is 0 Å². The van der Waals surface area contributed by atoms with Crippen molar-refractivity contribution in [3.63, 3.8) is 0 Å². The quantitative estimate of drug-likeness (QED) is 0.253. The Kier molecular flexibility index (Phi) is 7.99. The molecule has 0 unspecified atom stereocenters. The van der Waals surface area contributed by atoms with Gasteiger partial charge in [-0.25, -0.2) is 9.18 Å². The van der Waals surface area contributed by atoms with Crippen LogP contribution in [0.1, 0.15) is 25.5 Å². The predicted molar refractivity (Wildman–Crippen MR) is 154 cm³/mol. The van der Waals surface area contributed by atoms with Crippen LogP contribution in [0.2, 0.25) is 0 Å². The number of hydrogen-bond donors (Lipinski definition) is 0. The van der Waals surface area contributed by atoms with Gasteiger partial charge in [0, 0.05) is 63.9 Å². The minimum absolute atomic E-state index is 0.0948. The summed E-state index contributed by atoms with van der Waals surface area (Å²) in [5.74, 6) is -0.745. The van der Waals surface area contributed by atoms with Gasteiger partial charge in [0.1, 0.15) is 11.6 Å². The Hall–Kier alpha value is -2.90. The first-order valence-corrected chi connectivity index (χ1v) is 14.6. The first-order chi connectivity index (χ1) is 19.4. The highest BCUT2D eigenvalue weighted by atomic mass is 79.9. The number of ether oxygens (including phenoxy) is 1. The largest absolute Gasteiger partial charge is 0.417 e. The summed E-state index contributed by atoms with van der Waals surface area (Å²) in [6.45, 7) is 7.82. The maximum atomic E-state index is 15.2. The third-order valence-electron chi connectivity index (χ3n) is 7.44. The summed E-state index contributed by atoms with van der Waals surface area (Å²) in [6, 6.07) is 3.65. The minimum atomic E-state index is -4.84. The molecule has 2 aromatic carbocycles. The number of methoxy groups -OCH3 is 1. The summed E-state index contributed by atoms with van der Waals surface area (Å²) in [6.07, 6.45) is -3.62. The van der Waals surface area contributed by atoms with Crippen LogP contribution in [0.4, 0.5) is 23.4 Å². The number of nitrogens with zero attached hydrogens (tertiary/aromatic N) is 4. The van der Waals surface area contributed by atoms with E-state index >= 15 is 4.39 Å². The number of halogens is 5. The summed E-state index contributed by atoms with van der Waals surface area (Å²) in [5, 5.41) is 0.127. The molecular weight excluding hydrogens is 628 g/mol. The Labute approximate surface area is 246 Å². The highest BCUT2D eigenvalue weighted by Crippen LogP contribution is 2.50. The van der Waals surface area contributed by atoms with Gasteiger partial charge < -0.3 is 14.5 Å². The van der Waals surface area contributed by atoms with Crippen LogP contribution in [0.15, 0.2) is 51.1 Å². The van der Waals surface area contributed by atoms with Crippen molar-refractivity contribution in [2.24, 2.45) is 0 Å². The van der Waals surface area contributed by atoms with Crippen LogP contribution in [0.3, 0.4) is 0 Å². The van der Waals surface area contributed by atoms with Gasteiger partial charge >= 0.3 is 11.9 Å². The molecule has 13 heteroatoms. The lowest BCUT2D eigenvalue weighted by molar-refractivity contribution is -0.137. The van der Waals surface area contributed by atoms with E-state index in [1.54, 1.807) is 9.80 Å². The van der Waals surface area contributed by atoms with Crippen molar-refractivity contribution in [1.29, 1.82) is 0 Å². The van der Waals surface area contributed by atoms with E-state index in [4.69, 9.17) is 4.74 Å². The van der Waals surface area contributed by atoms with E-state index in [1.807, 2.05) is 13.8 Å². The molecule has 0 bridgehead atoms. The molecule has 7 nitrogen and oxygen atoms in total. The molecule has 1 saturated heterocycles. The Morgan fingerprint density at radius 3 is 2.54 bits per heavy atom. The number of piperazine rings is 1. The standard InChI is InChI=1S/C28H27BrF4N4O3S/c1-5-22(38)36-14(2)10-35(11-15(36)3)26-19-9-20(28(31,32)33)23(18-8-16(29)6-7-21(18)30)25-24(19)37(27(39)34-26)17(12-40-4)13-41-25/h5-9,14-15,17H,1,10-13H2,2-4H3/t14-,15+,17-/m0/s1. The number of aromatic nitrogens is 2. The molecule has 0 spiro atoms. The second-order valence-corrected chi connectivity index (χ2v) is 12.2. The third kappa shape index (κ3) is 5.16. The van der Waals surface area contributed by atoms with Gasteiger partial charge in [-0.05, 0) is 44.2 Å². The zero-order valence-electron chi connectivity index (χ0n) is 22.5. The van der Waals surface area contributed by atoms with E-state index in [1.165, 1.54) is 29.9 Å². The average molecular weight is 656 g/mol. The number of carbonyl (C=O) groups excluding carboxylic acids is 1. The lowest BCUT2D eigenvalue weighted by atomic mass is 9.95. The molecule has 3 aromatic rings. The van der Waals surface area contributed by atoms with E-state index < -0.39 is 29.3 Å². The lowest BCUT2D eigenvalue weighted by Gasteiger charge is -2.45. The van der Waals surface area contributed by atoms with Crippen LogP contribution in [0.25, 0.3) is 22.0 Å². The van der Waals surface area contributed by atoms with Crippen LogP contribution in [-0.2, 0) is 15.7 Å².